The van der Waals surface area contributed by atoms with Crippen LogP contribution in [0.1, 0.15) is 0 Å². The molecule has 0 bridgehead atoms. The Morgan fingerprint density at radius 3 is 2.00 bits per heavy atom. The number of hydroxylamine groups is 2. The number of hydrogen-bond donors (Lipinski definition) is 1. The van der Waals surface area contributed by atoms with Gasteiger partial charge in [-0.05, 0) is 12.2 Å². The molecular formula is C7H7NO4. The van der Waals surface area contributed by atoms with Crippen LogP contribution < -0.4 is 0 Å². The van der Waals surface area contributed by atoms with Gasteiger partial charge in [0.25, 0.3) is 5.91 Å². The number of carbonyl (C=O) groups is 3. The summed E-state index contributed by atoms with van der Waals surface area (Å²) in [5, 5.41) is 8.36. The Labute approximate surface area is 68.5 Å². The van der Waals surface area contributed by atoms with Gasteiger partial charge < -0.3 is 0 Å². The van der Waals surface area contributed by atoms with Crippen molar-refractivity contribution in [1.82, 2.24) is 5.06 Å². The fourth-order valence-corrected chi connectivity index (χ4v) is 0.378. The van der Waals surface area contributed by atoms with Gasteiger partial charge in [0.2, 0.25) is 5.78 Å². The van der Waals surface area contributed by atoms with Crippen molar-refractivity contribution in [3.05, 3.63) is 25.3 Å². The van der Waals surface area contributed by atoms with Gasteiger partial charge in [0.1, 0.15) is 0 Å². The molecule has 1 N–H and O–H groups in total. The molecule has 12 heavy (non-hydrogen) atoms. The molecule has 0 aromatic carbocycles. The molecule has 0 atom stereocenters. The van der Waals surface area contributed by atoms with E-state index < -0.39 is 17.6 Å². The first-order valence-corrected chi connectivity index (χ1v) is 2.90. The number of imide groups is 1. The van der Waals surface area contributed by atoms with Crippen LogP contribution in [-0.2, 0) is 14.4 Å². The number of ketones is 1. The molecule has 0 aliphatic carbocycles. The maximum Gasteiger partial charge on any atom is 0.325 e. The van der Waals surface area contributed by atoms with Crippen molar-refractivity contribution in [3.63, 3.8) is 0 Å². The molecule has 5 nitrogen and oxygen atoms in total. The Hall–Kier alpha value is -1.75. The van der Waals surface area contributed by atoms with E-state index in [2.05, 4.69) is 13.2 Å². The van der Waals surface area contributed by atoms with Crippen molar-refractivity contribution in [2.24, 2.45) is 0 Å². The molecule has 64 valence electrons. The van der Waals surface area contributed by atoms with Crippen LogP contribution in [0.2, 0.25) is 0 Å². The lowest BCUT2D eigenvalue weighted by atomic mass is 10.3. The van der Waals surface area contributed by atoms with Gasteiger partial charge >= 0.3 is 5.91 Å². The summed E-state index contributed by atoms with van der Waals surface area (Å²) >= 11 is 0. The summed E-state index contributed by atoms with van der Waals surface area (Å²) in [6.07, 6.45) is 1.40. The van der Waals surface area contributed by atoms with Crippen LogP contribution in [0.25, 0.3) is 0 Å². The van der Waals surface area contributed by atoms with Gasteiger partial charge in [0.05, 0.1) is 0 Å². The second-order valence-corrected chi connectivity index (χ2v) is 1.73. The van der Waals surface area contributed by atoms with E-state index >= 15 is 0 Å². The van der Waals surface area contributed by atoms with Crippen molar-refractivity contribution < 1.29 is 19.6 Å². The van der Waals surface area contributed by atoms with E-state index in [9.17, 15) is 14.4 Å². The molecule has 0 unspecified atom stereocenters. The SMILES string of the molecule is C=CC(=O)C(=O)N(O)C(=O)C=C. The number of carbonyl (C=O) groups excluding carboxylic acids is 3. The van der Waals surface area contributed by atoms with Crippen LogP contribution in [0.5, 0.6) is 0 Å². The maximum atomic E-state index is 10.7. The lowest BCUT2D eigenvalue weighted by Crippen LogP contribution is -2.36. The minimum atomic E-state index is -1.35. The molecule has 0 fully saturated rings. The van der Waals surface area contributed by atoms with Crippen molar-refractivity contribution in [3.8, 4) is 0 Å². The fourth-order valence-electron chi connectivity index (χ4n) is 0.378. The first-order chi connectivity index (χ1) is 5.54. The lowest BCUT2D eigenvalue weighted by molar-refractivity contribution is -0.177. The Balaban J connectivity index is 4.49. The predicted octanol–water partition coefficient (Wildman–Crippen LogP) is -0.328. The Bertz CT molecular complexity index is 256. The van der Waals surface area contributed by atoms with E-state index in [4.69, 9.17) is 5.21 Å². The highest BCUT2D eigenvalue weighted by Gasteiger charge is 2.21. The summed E-state index contributed by atoms with van der Waals surface area (Å²) in [5.41, 5.74) is 0. The minimum Gasteiger partial charge on any atom is -0.284 e. The average molecular weight is 169 g/mol. The molecule has 0 rings (SSSR count). The number of nitrogens with zero attached hydrogens (tertiary/aromatic N) is 1. The van der Waals surface area contributed by atoms with E-state index in [1.165, 1.54) is 0 Å². The highest BCUT2D eigenvalue weighted by atomic mass is 16.5. The summed E-state index contributed by atoms with van der Waals surface area (Å²) in [5.74, 6) is -3.47. The summed E-state index contributed by atoms with van der Waals surface area (Å²) in [6.45, 7) is 6.01. The molecule has 0 aromatic rings. The van der Waals surface area contributed by atoms with E-state index in [-0.39, 0.29) is 5.06 Å². The normalized spacial score (nSPS) is 8.42. The first-order valence-electron chi connectivity index (χ1n) is 2.90. The zero-order valence-electron chi connectivity index (χ0n) is 6.19. The standard InChI is InChI=1S/C7H7NO4/c1-3-5(9)7(11)8(12)6(10)4-2/h3-4,12H,1-2H2. The topological polar surface area (TPSA) is 74.7 Å². The molecule has 0 saturated heterocycles. The molecular weight excluding hydrogens is 162 g/mol. The monoisotopic (exact) mass is 169 g/mol. The van der Waals surface area contributed by atoms with Crippen molar-refractivity contribution in [2.45, 2.75) is 0 Å². The Morgan fingerprint density at radius 1 is 1.17 bits per heavy atom. The first kappa shape index (κ1) is 10.2. The number of hydrogen-bond acceptors (Lipinski definition) is 4. The fraction of sp³-hybridized carbons (Fsp3) is 0. The maximum absolute atomic E-state index is 10.7. The van der Waals surface area contributed by atoms with Gasteiger partial charge in [-0.15, -0.1) is 5.06 Å². The van der Waals surface area contributed by atoms with E-state index in [1.54, 1.807) is 0 Å². The zero-order valence-corrected chi connectivity index (χ0v) is 6.19. The largest absolute Gasteiger partial charge is 0.325 e. The molecule has 0 radical (unpaired) electrons. The molecule has 0 saturated carbocycles. The highest BCUT2D eigenvalue weighted by Crippen LogP contribution is 1.89. The van der Waals surface area contributed by atoms with Crippen LogP contribution >= 0.6 is 0 Å². The molecule has 0 aliphatic rings. The van der Waals surface area contributed by atoms with Gasteiger partial charge in [0.15, 0.2) is 0 Å². The second kappa shape index (κ2) is 4.20. The van der Waals surface area contributed by atoms with Gasteiger partial charge in [-0.2, -0.15) is 0 Å². The van der Waals surface area contributed by atoms with Crippen LogP contribution in [0, 0.1) is 0 Å². The lowest BCUT2D eigenvalue weighted by Gasteiger charge is -2.06. The molecule has 2 amide bonds. The molecule has 0 spiro atoms. The van der Waals surface area contributed by atoms with Crippen molar-refractivity contribution >= 4 is 17.6 Å². The quantitative estimate of drug-likeness (QED) is 0.272. The van der Waals surface area contributed by atoms with Crippen LogP contribution in [0.4, 0.5) is 0 Å². The van der Waals surface area contributed by atoms with E-state index in [0.29, 0.717) is 12.2 Å². The summed E-state index contributed by atoms with van der Waals surface area (Å²) in [7, 11) is 0. The third-order valence-corrected chi connectivity index (χ3v) is 0.972. The molecule has 0 aliphatic heterocycles. The summed E-state index contributed by atoms with van der Waals surface area (Å²) in [4.78, 5) is 31.7. The third-order valence-electron chi connectivity index (χ3n) is 0.972. The zero-order chi connectivity index (χ0) is 9.72. The number of rotatable bonds is 3. The van der Waals surface area contributed by atoms with Crippen LogP contribution in [0.3, 0.4) is 0 Å². The van der Waals surface area contributed by atoms with E-state index in [0.717, 1.165) is 0 Å². The van der Waals surface area contributed by atoms with E-state index in [1.807, 2.05) is 0 Å². The van der Waals surface area contributed by atoms with Crippen LogP contribution in [-0.4, -0.2) is 27.9 Å². The molecule has 0 aromatic heterocycles. The highest BCUT2D eigenvalue weighted by molar-refractivity contribution is 6.42. The van der Waals surface area contributed by atoms with Crippen LogP contribution in [0.15, 0.2) is 25.3 Å². The summed E-state index contributed by atoms with van der Waals surface area (Å²) in [6, 6.07) is 0. The smallest absolute Gasteiger partial charge is 0.284 e. The predicted molar refractivity (Wildman–Crippen MR) is 39.0 cm³/mol. The molecule has 5 heteroatoms. The van der Waals surface area contributed by atoms with Gasteiger partial charge in [0, 0.05) is 0 Å². The minimum absolute atomic E-state index is 0.322. The van der Waals surface area contributed by atoms with Gasteiger partial charge in [-0.3, -0.25) is 19.6 Å². The van der Waals surface area contributed by atoms with Gasteiger partial charge in [-0.25, -0.2) is 0 Å². The number of amides is 2. The van der Waals surface area contributed by atoms with Crippen molar-refractivity contribution in [2.75, 3.05) is 0 Å². The Morgan fingerprint density at radius 2 is 1.67 bits per heavy atom. The molecule has 0 heterocycles. The Kier molecular flexibility index (Phi) is 3.58. The second-order valence-electron chi connectivity index (χ2n) is 1.73. The average Bonchev–Trinajstić information content (AvgIpc) is 2.12. The van der Waals surface area contributed by atoms with Gasteiger partial charge in [-0.1, -0.05) is 13.2 Å². The third kappa shape index (κ3) is 2.14. The summed E-state index contributed by atoms with van der Waals surface area (Å²) < 4.78 is 0. The van der Waals surface area contributed by atoms with Crippen molar-refractivity contribution in [1.29, 1.82) is 0 Å².